The Morgan fingerprint density at radius 3 is 2.52 bits per heavy atom. The zero-order valence-corrected chi connectivity index (χ0v) is 18.5. The van der Waals surface area contributed by atoms with Crippen LogP contribution in [0.2, 0.25) is 0 Å². The van der Waals surface area contributed by atoms with Crippen molar-refractivity contribution in [1.82, 2.24) is 14.9 Å². The van der Waals surface area contributed by atoms with Crippen LogP contribution in [0, 0.1) is 0 Å². The predicted molar refractivity (Wildman–Crippen MR) is 127 cm³/mol. The molecule has 0 saturated carbocycles. The van der Waals surface area contributed by atoms with E-state index in [0.29, 0.717) is 0 Å². The van der Waals surface area contributed by atoms with Crippen LogP contribution in [0.15, 0.2) is 35.8 Å². The smallest absolute Gasteiger partial charge is 0.147 e. The lowest BCUT2D eigenvalue weighted by molar-refractivity contribution is 0.271. The van der Waals surface area contributed by atoms with Gasteiger partial charge in [0.1, 0.15) is 11.6 Å². The summed E-state index contributed by atoms with van der Waals surface area (Å²) >= 11 is 3.82. The van der Waals surface area contributed by atoms with Gasteiger partial charge in [0.2, 0.25) is 0 Å². The molecule has 7 heteroatoms. The first-order valence-corrected chi connectivity index (χ1v) is 12.5. The van der Waals surface area contributed by atoms with Crippen LogP contribution >= 0.6 is 23.1 Å². The van der Waals surface area contributed by atoms with E-state index < -0.39 is 0 Å². The van der Waals surface area contributed by atoms with Crippen molar-refractivity contribution in [3.05, 3.63) is 35.8 Å². The summed E-state index contributed by atoms with van der Waals surface area (Å²) in [5.41, 5.74) is 2.12. The molecule has 0 bridgehead atoms. The Hall–Kier alpha value is -1.83. The quantitative estimate of drug-likeness (QED) is 0.627. The van der Waals surface area contributed by atoms with Gasteiger partial charge >= 0.3 is 0 Å². The molecule has 29 heavy (non-hydrogen) atoms. The molecule has 0 radical (unpaired) electrons. The fourth-order valence-electron chi connectivity index (χ4n) is 4.11. The fraction of sp³-hybridized carbons (Fsp3) is 0.455. The Morgan fingerprint density at radius 2 is 1.79 bits per heavy atom. The van der Waals surface area contributed by atoms with E-state index in [1.165, 1.54) is 21.6 Å². The molecular weight excluding hydrogens is 398 g/mol. The summed E-state index contributed by atoms with van der Waals surface area (Å²) in [4.78, 5) is 17.2. The summed E-state index contributed by atoms with van der Waals surface area (Å²) in [5, 5.41) is 3.46. The van der Waals surface area contributed by atoms with Gasteiger partial charge < -0.3 is 14.7 Å². The van der Waals surface area contributed by atoms with Gasteiger partial charge in [-0.15, -0.1) is 11.3 Å². The van der Waals surface area contributed by atoms with Crippen LogP contribution in [0.1, 0.15) is 6.92 Å². The topological polar surface area (TPSA) is 35.5 Å². The van der Waals surface area contributed by atoms with Gasteiger partial charge in [0.15, 0.2) is 0 Å². The Balaban J connectivity index is 1.44. The summed E-state index contributed by atoms with van der Waals surface area (Å²) in [6, 6.07) is 8.77. The van der Waals surface area contributed by atoms with Crippen LogP contribution in [0.3, 0.4) is 0 Å². The monoisotopic (exact) mass is 425 g/mol. The van der Waals surface area contributed by atoms with Crippen LogP contribution in [0.25, 0.3) is 21.3 Å². The lowest BCUT2D eigenvalue weighted by Crippen LogP contribution is -2.46. The number of thioether (sulfide) groups is 1. The minimum Gasteiger partial charge on any atom is -0.355 e. The number of fused-ring (bicyclic) bond motifs is 1. The van der Waals surface area contributed by atoms with E-state index >= 15 is 0 Å². The third kappa shape index (κ3) is 3.96. The van der Waals surface area contributed by atoms with Crippen LogP contribution in [0.5, 0.6) is 0 Å². The number of likely N-dealkylation sites (N-methyl/N-ethyl adjacent to an activating group) is 1. The van der Waals surface area contributed by atoms with Crippen LogP contribution in [0.4, 0.5) is 11.6 Å². The van der Waals surface area contributed by atoms with Gasteiger partial charge in [-0.2, -0.15) is 11.8 Å². The number of aromatic nitrogens is 2. The number of hydrogen-bond donors (Lipinski definition) is 0. The molecule has 2 aliphatic rings. The Kier molecular flexibility index (Phi) is 5.61. The van der Waals surface area contributed by atoms with E-state index in [2.05, 4.69) is 51.3 Å². The summed E-state index contributed by atoms with van der Waals surface area (Å²) < 4.78 is 1.30. The highest BCUT2D eigenvalue weighted by Crippen LogP contribution is 2.34. The van der Waals surface area contributed by atoms with Crippen molar-refractivity contribution in [2.75, 3.05) is 67.1 Å². The lowest BCUT2D eigenvalue weighted by Gasteiger charge is -2.35. The van der Waals surface area contributed by atoms with Gasteiger partial charge in [0.05, 0.1) is 10.4 Å². The number of rotatable bonds is 4. The third-order valence-electron chi connectivity index (χ3n) is 5.92. The molecule has 0 amide bonds. The van der Waals surface area contributed by atoms with E-state index in [9.17, 15) is 0 Å². The average Bonchev–Trinajstić information content (AvgIpc) is 3.28. The molecule has 0 N–H and O–H groups in total. The molecule has 0 spiro atoms. The van der Waals surface area contributed by atoms with E-state index in [1.807, 2.05) is 18.0 Å². The highest BCUT2D eigenvalue weighted by atomic mass is 32.2. The van der Waals surface area contributed by atoms with Crippen LogP contribution in [-0.2, 0) is 0 Å². The molecule has 152 valence electrons. The zero-order chi connectivity index (χ0) is 19.6. The molecule has 2 saturated heterocycles. The van der Waals surface area contributed by atoms with Crippen molar-refractivity contribution in [3.63, 3.8) is 0 Å². The number of piperazine rings is 1. The largest absolute Gasteiger partial charge is 0.355 e. The number of pyridine rings is 2. The lowest BCUT2D eigenvalue weighted by atomic mass is 10.1. The highest BCUT2D eigenvalue weighted by molar-refractivity contribution is 7.99. The van der Waals surface area contributed by atoms with E-state index in [1.54, 1.807) is 11.3 Å². The highest BCUT2D eigenvalue weighted by Gasteiger charge is 2.21. The summed E-state index contributed by atoms with van der Waals surface area (Å²) in [7, 11) is 0. The fourth-order valence-corrected chi connectivity index (χ4v) is 5.91. The first-order valence-electron chi connectivity index (χ1n) is 10.5. The van der Waals surface area contributed by atoms with Gasteiger partial charge in [0.25, 0.3) is 0 Å². The minimum absolute atomic E-state index is 1.03. The summed E-state index contributed by atoms with van der Waals surface area (Å²) in [5.74, 6) is 4.60. The number of anilines is 2. The Labute approximate surface area is 180 Å². The van der Waals surface area contributed by atoms with Gasteiger partial charge in [-0.05, 0) is 41.6 Å². The van der Waals surface area contributed by atoms with Crippen LogP contribution in [-0.4, -0.2) is 72.2 Å². The second-order valence-electron chi connectivity index (χ2n) is 7.60. The molecule has 0 atom stereocenters. The molecule has 3 aromatic rings. The second-order valence-corrected chi connectivity index (χ2v) is 9.74. The molecule has 0 unspecified atom stereocenters. The maximum atomic E-state index is 5.12. The summed E-state index contributed by atoms with van der Waals surface area (Å²) in [6.07, 6.45) is 2.00. The number of hydrogen-bond acceptors (Lipinski definition) is 7. The Bertz CT molecular complexity index is 957. The number of nitrogens with zero attached hydrogens (tertiary/aromatic N) is 5. The Morgan fingerprint density at radius 1 is 0.966 bits per heavy atom. The second kappa shape index (κ2) is 8.50. The normalized spacial score (nSPS) is 18.5. The maximum absolute atomic E-state index is 5.12. The summed E-state index contributed by atoms with van der Waals surface area (Å²) in [6.45, 7) is 9.85. The molecular formula is C22H27N5S2. The van der Waals surface area contributed by atoms with Crippen molar-refractivity contribution >= 4 is 44.8 Å². The molecule has 5 rings (SSSR count). The van der Waals surface area contributed by atoms with E-state index in [-0.39, 0.29) is 0 Å². The standard InChI is InChI=1S/C22H27N5S2/c1-2-25-6-8-27(9-7-25)22-21-17(5-12-29-21)15-19(24-22)18-3-4-20(23-16-18)26-10-13-28-14-11-26/h3-5,12,15-16H,2,6-11,13-14H2,1H3. The zero-order valence-electron chi connectivity index (χ0n) is 16.9. The third-order valence-corrected chi connectivity index (χ3v) is 7.78. The predicted octanol–water partition coefficient (Wildman–Crippen LogP) is 4.05. The van der Waals surface area contributed by atoms with E-state index in [0.717, 1.165) is 68.7 Å². The minimum atomic E-state index is 1.03. The van der Waals surface area contributed by atoms with Crippen molar-refractivity contribution in [2.24, 2.45) is 0 Å². The van der Waals surface area contributed by atoms with Gasteiger partial charge in [-0.3, -0.25) is 0 Å². The molecule has 5 nitrogen and oxygen atoms in total. The van der Waals surface area contributed by atoms with Crippen molar-refractivity contribution < 1.29 is 0 Å². The average molecular weight is 426 g/mol. The molecule has 0 aromatic carbocycles. The molecule has 2 aliphatic heterocycles. The molecule has 3 aromatic heterocycles. The van der Waals surface area contributed by atoms with E-state index in [4.69, 9.17) is 9.97 Å². The maximum Gasteiger partial charge on any atom is 0.147 e. The molecule has 0 aliphatic carbocycles. The first-order chi connectivity index (χ1) is 14.3. The molecule has 2 fully saturated rings. The van der Waals surface area contributed by atoms with Crippen molar-refractivity contribution in [2.45, 2.75) is 6.92 Å². The van der Waals surface area contributed by atoms with Gasteiger partial charge in [-0.1, -0.05) is 6.92 Å². The van der Waals surface area contributed by atoms with Gasteiger partial charge in [-0.25, -0.2) is 9.97 Å². The van der Waals surface area contributed by atoms with Crippen LogP contribution < -0.4 is 9.80 Å². The van der Waals surface area contributed by atoms with Gasteiger partial charge in [0, 0.05) is 62.5 Å². The first kappa shape index (κ1) is 19.2. The van der Waals surface area contributed by atoms with Crippen molar-refractivity contribution in [3.8, 4) is 11.3 Å². The number of thiophene rings is 1. The SMILES string of the molecule is CCN1CCN(c2nc(-c3ccc(N4CCSCC4)nc3)cc3ccsc23)CC1. The van der Waals surface area contributed by atoms with Crippen molar-refractivity contribution in [1.29, 1.82) is 0 Å². The molecule has 5 heterocycles.